The van der Waals surface area contributed by atoms with E-state index in [4.69, 9.17) is 5.11 Å². The number of nitrogens with one attached hydrogen (secondary N) is 1. The third kappa shape index (κ3) is 3.38. The second kappa shape index (κ2) is 6.30. The van der Waals surface area contributed by atoms with Gasteiger partial charge in [-0.15, -0.1) is 0 Å². The summed E-state index contributed by atoms with van der Waals surface area (Å²) < 4.78 is 13.4. The van der Waals surface area contributed by atoms with Crippen molar-refractivity contribution in [3.63, 3.8) is 0 Å². The van der Waals surface area contributed by atoms with Crippen LogP contribution in [0.15, 0.2) is 24.3 Å². The molecule has 1 aromatic carbocycles. The van der Waals surface area contributed by atoms with Crippen LogP contribution in [-0.2, 0) is 16.0 Å². The molecule has 2 aliphatic carbocycles. The summed E-state index contributed by atoms with van der Waals surface area (Å²) in [6.07, 6.45) is 5.03. The zero-order chi connectivity index (χ0) is 16.4. The molecule has 2 fully saturated rings. The van der Waals surface area contributed by atoms with Crippen LogP contribution in [0.4, 0.5) is 4.39 Å². The van der Waals surface area contributed by atoms with Gasteiger partial charge in [-0.25, -0.2) is 4.39 Å². The van der Waals surface area contributed by atoms with E-state index in [0.29, 0.717) is 19.3 Å². The summed E-state index contributed by atoms with van der Waals surface area (Å²) in [4.78, 5) is 23.7. The van der Waals surface area contributed by atoms with E-state index in [0.717, 1.165) is 31.2 Å². The number of carbonyl (C=O) groups is 2. The molecule has 0 aromatic heterocycles. The van der Waals surface area contributed by atoms with Gasteiger partial charge < -0.3 is 10.4 Å². The van der Waals surface area contributed by atoms with Crippen molar-refractivity contribution in [2.75, 3.05) is 0 Å². The van der Waals surface area contributed by atoms with E-state index in [1.54, 1.807) is 6.07 Å². The van der Waals surface area contributed by atoms with Crippen LogP contribution in [0.2, 0.25) is 0 Å². The maximum Gasteiger partial charge on any atom is 0.306 e. The van der Waals surface area contributed by atoms with Crippen molar-refractivity contribution < 1.29 is 19.1 Å². The molecule has 0 heterocycles. The Labute approximate surface area is 135 Å². The summed E-state index contributed by atoms with van der Waals surface area (Å²) in [6.45, 7) is 0. The van der Waals surface area contributed by atoms with Gasteiger partial charge in [0.1, 0.15) is 5.82 Å². The lowest BCUT2D eigenvalue weighted by molar-refractivity contribution is -0.142. The van der Waals surface area contributed by atoms with Crippen molar-refractivity contribution in [3.8, 4) is 0 Å². The standard InChI is InChI=1S/C18H22FNO3/c19-14-4-1-3-12(9-14)11-18(7-2-8-18)17(23)20-15-6-5-13(10-15)16(21)22/h1,3-4,9,13,15H,2,5-8,10-11H2,(H,20,23)(H,21,22)/t13-,15+/m1/s1. The molecule has 23 heavy (non-hydrogen) atoms. The average molecular weight is 319 g/mol. The van der Waals surface area contributed by atoms with E-state index in [1.807, 2.05) is 6.07 Å². The summed E-state index contributed by atoms with van der Waals surface area (Å²) in [7, 11) is 0. The number of halogens is 1. The highest BCUT2D eigenvalue weighted by atomic mass is 19.1. The summed E-state index contributed by atoms with van der Waals surface area (Å²) in [5.74, 6) is -1.40. The fourth-order valence-corrected chi connectivity index (χ4v) is 3.80. The molecule has 1 aromatic rings. The molecule has 2 N–H and O–H groups in total. The Hall–Kier alpha value is -1.91. The van der Waals surface area contributed by atoms with Gasteiger partial charge in [-0.3, -0.25) is 9.59 Å². The third-order valence-corrected chi connectivity index (χ3v) is 5.34. The van der Waals surface area contributed by atoms with Gasteiger partial charge in [-0.2, -0.15) is 0 Å². The van der Waals surface area contributed by atoms with Gasteiger partial charge in [0.15, 0.2) is 0 Å². The number of carboxylic acid groups (broad SMARTS) is 1. The van der Waals surface area contributed by atoms with E-state index in [9.17, 15) is 14.0 Å². The summed E-state index contributed by atoms with van der Waals surface area (Å²) >= 11 is 0. The molecule has 2 atom stereocenters. The molecule has 2 aliphatic rings. The molecule has 0 bridgehead atoms. The molecule has 0 saturated heterocycles. The van der Waals surface area contributed by atoms with Gasteiger partial charge in [0.05, 0.1) is 11.3 Å². The number of carbonyl (C=O) groups excluding carboxylic acids is 1. The van der Waals surface area contributed by atoms with E-state index in [2.05, 4.69) is 5.32 Å². The highest BCUT2D eigenvalue weighted by Gasteiger charge is 2.45. The minimum absolute atomic E-state index is 0.00375. The number of benzene rings is 1. The zero-order valence-corrected chi connectivity index (χ0v) is 13.1. The van der Waals surface area contributed by atoms with Crippen molar-refractivity contribution in [1.82, 2.24) is 5.32 Å². The number of aliphatic carboxylic acids is 1. The first-order chi connectivity index (χ1) is 11.0. The third-order valence-electron chi connectivity index (χ3n) is 5.34. The second-order valence-corrected chi connectivity index (χ2v) is 6.96. The first-order valence-electron chi connectivity index (χ1n) is 8.27. The molecule has 4 nitrogen and oxygen atoms in total. The van der Waals surface area contributed by atoms with E-state index in [1.165, 1.54) is 12.1 Å². The van der Waals surface area contributed by atoms with Crippen LogP contribution in [0.5, 0.6) is 0 Å². The fourth-order valence-electron chi connectivity index (χ4n) is 3.80. The van der Waals surface area contributed by atoms with Crippen LogP contribution in [-0.4, -0.2) is 23.0 Å². The summed E-state index contributed by atoms with van der Waals surface area (Å²) in [6, 6.07) is 6.37. The van der Waals surface area contributed by atoms with Gasteiger partial charge in [-0.1, -0.05) is 18.6 Å². The molecule has 124 valence electrons. The molecule has 3 rings (SSSR count). The van der Waals surface area contributed by atoms with Gasteiger partial charge in [0.2, 0.25) is 5.91 Å². The van der Waals surface area contributed by atoms with E-state index < -0.39 is 11.4 Å². The van der Waals surface area contributed by atoms with Crippen molar-refractivity contribution in [1.29, 1.82) is 0 Å². The SMILES string of the molecule is O=C(O)[C@@H]1CC[C@H](NC(=O)C2(Cc3cccc(F)c3)CCC2)C1. The molecule has 0 aliphatic heterocycles. The van der Waals surface area contributed by atoms with Gasteiger partial charge >= 0.3 is 5.97 Å². The van der Waals surface area contributed by atoms with Crippen LogP contribution in [0.3, 0.4) is 0 Å². The smallest absolute Gasteiger partial charge is 0.306 e. The normalized spacial score (nSPS) is 25.6. The Morgan fingerprint density at radius 3 is 2.65 bits per heavy atom. The van der Waals surface area contributed by atoms with Crippen molar-refractivity contribution in [2.45, 2.75) is 51.0 Å². The predicted octanol–water partition coefficient (Wildman–Crippen LogP) is 2.91. The second-order valence-electron chi connectivity index (χ2n) is 6.96. The summed E-state index contributed by atoms with van der Waals surface area (Å²) in [5.41, 5.74) is 0.393. The van der Waals surface area contributed by atoms with Crippen LogP contribution < -0.4 is 5.32 Å². The first kappa shape index (κ1) is 16.0. The Kier molecular flexibility index (Phi) is 4.37. The van der Waals surface area contributed by atoms with Gasteiger partial charge in [-0.05, 0) is 56.2 Å². The van der Waals surface area contributed by atoms with Crippen LogP contribution in [0, 0.1) is 17.2 Å². The minimum atomic E-state index is -0.778. The minimum Gasteiger partial charge on any atom is -0.481 e. The lowest BCUT2D eigenvalue weighted by Crippen LogP contribution is -2.49. The fraction of sp³-hybridized carbons (Fsp3) is 0.556. The van der Waals surface area contributed by atoms with Crippen molar-refractivity contribution >= 4 is 11.9 Å². The maximum absolute atomic E-state index is 13.4. The average Bonchev–Trinajstić information content (AvgIpc) is 2.91. The molecular weight excluding hydrogens is 297 g/mol. The van der Waals surface area contributed by atoms with E-state index >= 15 is 0 Å². The molecule has 0 radical (unpaired) electrons. The predicted molar refractivity (Wildman–Crippen MR) is 83.3 cm³/mol. The van der Waals surface area contributed by atoms with Crippen molar-refractivity contribution in [3.05, 3.63) is 35.6 Å². The lowest BCUT2D eigenvalue weighted by atomic mass is 9.64. The zero-order valence-electron chi connectivity index (χ0n) is 13.1. The number of hydrogen-bond acceptors (Lipinski definition) is 2. The Morgan fingerprint density at radius 1 is 1.30 bits per heavy atom. The van der Waals surface area contributed by atoms with Crippen LogP contribution in [0.25, 0.3) is 0 Å². The maximum atomic E-state index is 13.4. The molecule has 0 unspecified atom stereocenters. The Bertz CT molecular complexity index is 612. The lowest BCUT2D eigenvalue weighted by Gasteiger charge is -2.41. The summed E-state index contributed by atoms with van der Waals surface area (Å²) in [5, 5.41) is 12.1. The topological polar surface area (TPSA) is 66.4 Å². The number of hydrogen-bond donors (Lipinski definition) is 2. The Balaban J connectivity index is 1.63. The number of carboxylic acids is 1. The van der Waals surface area contributed by atoms with Gasteiger partial charge in [0.25, 0.3) is 0 Å². The van der Waals surface area contributed by atoms with Crippen LogP contribution >= 0.6 is 0 Å². The quantitative estimate of drug-likeness (QED) is 0.877. The van der Waals surface area contributed by atoms with Crippen LogP contribution in [0.1, 0.15) is 44.1 Å². The first-order valence-corrected chi connectivity index (χ1v) is 8.27. The highest BCUT2D eigenvalue weighted by molar-refractivity contribution is 5.84. The molecule has 0 spiro atoms. The Morgan fingerprint density at radius 2 is 2.09 bits per heavy atom. The molecule has 2 saturated carbocycles. The van der Waals surface area contributed by atoms with E-state index in [-0.39, 0.29) is 23.7 Å². The largest absolute Gasteiger partial charge is 0.481 e. The van der Waals surface area contributed by atoms with Crippen molar-refractivity contribution in [2.24, 2.45) is 11.3 Å². The molecule has 1 amide bonds. The molecule has 5 heteroatoms. The monoisotopic (exact) mass is 319 g/mol. The number of rotatable bonds is 5. The molecular formula is C18H22FNO3. The highest BCUT2D eigenvalue weighted by Crippen LogP contribution is 2.44. The number of amides is 1. The van der Waals surface area contributed by atoms with Gasteiger partial charge in [0, 0.05) is 6.04 Å².